The number of hydrogen-bond acceptors (Lipinski definition) is 4. The number of carbonyl (C=O) groups is 1. The topological polar surface area (TPSA) is 72.7 Å². The molecule has 0 aliphatic heterocycles. The van der Waals surface area contributed by atoms with Crippen LogP contribution < -0.4 is 5.32 Å². The average Bonchev–Trinajstić information content (AvgIpc) is 2.96. The Bertz CT molecular complexity index is 1000. The molecule has 0 unspecified atom stereocenters. The predicted molar refractivity (Wildman–Crippen MR) is 93.3 cm³/mol. The van der Waals surface area contributed by atoms with Crippen molar-refractivity contribution in [3.63, 3.8) is 0 Å². The van der Waals surface area contributed by atoms with Crippen molar-refractivity contribution in [2.75, 3.05) is 5.32 Å². The molecule has 0 saturated carbocycles. The van der Waals surface area contributed by atoms with Gasteiger partial charge in [-0.2, -0.15) is 23.0 Å². The molecule has 3 aromatic rings. The van der Waals surface area contributed by atoms with Gasteiger partial charge in [0.05, 0.1) is 16.3 Å². The Morgan fingerprint density at radius 3 is 2.56 bits per heavy atom. The van der Waals surface area contributed by atoms with E-state index in [2.05, 4.69) is 20.4 Å². The van der Waals surface area contributed by atoms with Crippen molar-refractivity contribution < 1.29 is 18.0 Å². The molecule has 3 rings (SSSR count). The lowest BCUT2D eigenvalue weighted by Gasteiger charge is -2.10. The standard InChI is InChI=1S/C16H10Cl2F3N5O/c1-8-6-13(24-15(27)14-10(17)3-4-11(18)23-14)26(25-8)12-5-2-9(7-22-12)16(19,20)21/h2-7H,1H3,(H,24,27). The summed E-state index contributed by atoms with van der Waals surface area (Å²) in [5.41, 5.74) is -0.484. The molecule has 0 bridgehead atoms. The van der Waals surface area contributed by atoms with Crippen LogP contribution in [0.3, 0.4) is 0 Å². The molecular weight excluding hydrogens is 406 g/mol. The summed E-state index contributed by atoms with van der Waals surface area (Å²) in [5, 5.41) is 6.86. The highest BCUT2D eigenvalue weighted by Crippen LogP contribution is 2.29. The van der Waals surface area contributed by atoms with Gasteiger partial charge in [-0.1, -0.05) is 23.2 Å². The number of hydrogen-bond donors (Lipinski definition) is 1. The smallest absolute Gasteiger partial charge is 0.305 e. The minimum Gasteiger partial charge on any atom is -0.305 e. The van der Waals surface area contributed by atoms with Gasteiger partial charge in [0.25, 0.3) is 5.91 Å². The quantitative estimate of drug-likeness (QED) is 0.636. The molecule has 11 heteroatoms. The number of carbonyl (C=O) groups excluding carboxylic acids is 1. The lowest BCUT2D eigenvalue weighted by Crippen LogP contribution is -2.17. The van der Waals surface area contributed by atoms with Crippen LogP contribution in [-0.2, 0) is 6.18 Å². The molecule has 0 atom stereocenters. The van der Waals surface area contributed by atoms with Crippen molar-refractivity contribution >= 4 is 34.9 Å². The molecule has 0 aliphatic rings. The number of amides is 1. The van der Waals surface area contributed by atoms with Gasteiger partial charge in [-0.3, -0.25) is 4.79 Å². The lowest BCUT2D eigenvalue weighted by molar-refractivity contribution is -0.137. The van der Waals surface area contributed by atoms with Crippen LogP contribution in [0.2, 0.25) is 10.2 Å². The Morgan fingerprint density at radius 1 is 1.19 bits per heavy atom. The molecule has 3 aromatic heterocycles. The van der Waals surface area contributed by atoms with Crippen molar-refractivity contribution in [2.45, 2.75) is 13.1 Å². The predicted octanol–water partition coefficient (Wildman–Crippen LogP) is 4.55. The van der Waals surface area contributed by atoms with Crippen molar-refractivity contribution in [2.24, 2.45) is 0 Å². The van der Waals surface area contributed by atoms with Gasteiger partial charge in [-0.25, -0.2) is 9.97 Å². The van der Waals surface area contributed by atoms with Gasteiger partial charge in [0.2, 0.25) is 0 Å². The molecule has 140 valence electrons. The van der Waals surface area contributed by atoms with E-state index in [1.54, 1.807) is 6.92 Å². The number of halogens is 5. The van der Waals surface area contributed by atoms with E-state index in [-0.39, 0.29) is 27.5 Å². The monoisotopic (exact) mass is 415 g/mol. The van der Waals surface area contributed by atoms with Crippen LogP contribution >= 0.6 is 23.2 Å². The molecule has 1 N–H and O–H groups in total. The second-order valence-electron chi connectivity index (χ2n) is 5.40. The van der Waals surface area contributed by atoms with Gasteiger partial charge in [-0.05, 0) is 31.2 Å². The summed E-state index contributed by atoms with van der Waals surface area (Å²) in [6, 6.07) is 6.40. The fourth-order valence-electron chi connectivity index (χ4n) is 2.20. The van der Waals surface area contributed by atoms with E-state index < -0.39 is 17.6 Å². The van der Waals surface area contributed by atoms with Crippen LogP contribution in [0.4, 0.5) is 19.0 Å². The highest BCUT2D eigenvalue weighted by Gasteiger charge is 2.30. The first kappa shape index (κ1) is 19.1. The summed E-state index contributed by atoms with van der Waals surface area (Å²) < 4.78 is 39.3. The van der Waals surface area contributed by atoms with Gasteiger partial charge in [0.1, 0.15) is 16.7 Å². The third-order valence-electron chi connectivity index (χ3n) is 3.39. The SMILES string of the molecule is Cc1cc(NC(=O)c2nc(Cl)ccc2Cl)n(-c2ccc(C(F)(F)F)cn2)n1. The number of aryl methyl sites for hydroxylation is 1. The molecule has 0 radical (unpaired) electrons. The molecule has 0 saturated heterocycles. The third-order valence-corrected chi connectivity index (χ3v) is 3.91. The average molecular weight is 416 g/mol. The van der Waals surface area contributed by atoms with Crippen molar-refractivity contribution in [3.05, 3.63) is 63.7 Å². The number of nitrogens with one attached hydrogen (secondary N) is 1. The highest BCUT2D eigenvalue weighted by atomic mass is 35.5. The summed E-state index contributed by atoms with van der Waals surface area (Å²) in [6.45, 7) is 1.65. The summed E-state index contributed by atoms with van der Waals surface area (Å²) in [5.74, 6) is -0.380. The summed E-state index contributed by atoms with van der Waals surface area (Å²) in [4.78, 5) is 20.1. The number of nitrogens with zero attached hydrogens (tertiary/aromatic N) is 4. The number of alkyl halides is 3. The van der Waals surface area contributed by atoms with Crippen molar-refractivity contribution in [3.8, 4) is 5.82 Å². The zero-order chi connectivity index (χ0) is 19.8. The summed E-state index contributed by atoms with van der Waals surface area (Å²) >= 11 is 11.7. The van der Waals surface area contributed by atoms with E-state index in [9.17, 15) is 18.0 Å². The molecule has 0 fully saturated rings. The van der Waals surface area contributed by atoms with Gasteiger partial charge >= 0.3 is 6.18 Å². The van der Waals surface area contributed by atoms with E-state index in [0.717, 1.165) is 12.1 Å². The Kier molecular flexibility index (Phi) is 5.07. The first-order chi connectivity index (χ1) is 12.6. The van der Waals surface area contributed by atoms with Crippen molar-refractivity contribution in [1.29, 1.82) is 0 Å². The molecule has 3 heterocycles. The fraction of sp³-hybridized carbons (Fsp3) is 0.125. The largest absolute Gasteiger partial charge is 0.417 e. The zero-order valence-electron chi connectivity index (χ0n) is 13.6. The Hall–Kier alpha value is -2.65. The maximum atomic E-state index is 12.7. The van der Waals surface area contributed by atoms with Crippen LogP contribution in [0.25, 0.3) is 5.82 Å². The maximum Gasteiger partial charge on any atom is 0.417 e. The van der Waals surface area contributed by atoms with Gasteiger partial charge in [0, 0.05) is 12.3 Å². The van der Waals surface area contributed by atoms with Crippen LogP contribution in [0, 0.1) is 6.92 Å². The highest BCUT2D eigenvalue weighted by molar-refractivity contribution is 6.35. The second-order valence-corrected chi connectivity index (χ2v) is 6.20. The number of pyridine rings is 2. The van der Waals surface area contributed by atoms with E-state index in [0.29, 0.717) is 11.9 Å². The maximum absolute atomic E-state index is 12.7. The minimum absolute atomic E-state index is 0.0821. The van der Waals surface area contributed by atoms with Crippen LogP contribution in [0.15, 0.2) is 36.5 Å². The molecule has 27 heavy (non-hydrogen) atoms. The number of anilines is 1. The van der Waals surface area contributed by atoms with Gasteiger partial charge in [0.15, 0.2) is 5.82 Å². The van der Waals surface area contributed by atoms with Crippen LogP contribution in [-0.4, -0.2) is 25.7 Å². The summed E-state index contributed by atoms with van der Waals surface area (Å²) in [6.07, 6.45) is -3.81. The Morgan fingerprint density at radius 2 is 1.93 bits per heavy atom. The molecule has 0 spiro atoms. The Balaban J connectivity index is 1.92. The van der Waals surface area contributed by atoms with Crippen molar-refractivity contribution in [1.82, 2.24) is 19.7 Å². The van der Waals surface area contributed by atoms with E-state index >= 15 is 0 Å². The fourth-order valence-corrected chi connectivity index (χ4v) is 2.53. The van der Waals surface area contributed by atoms with Gasteiger partial charge < -0.3 is 5.32 Å². The number of aromatic nitrogens is 4. The van der Waals surface area contributed by atoms with E-state index in [1.165, 1.54) is 22.9 Å². The minimum atomic E-state index is -4.50. The number of rotatable bonds is 3. The second kappa shape index (κ2) is 7.16. The van der Waals surface area contributed by atoms with Crippen LogP contribution in [0.1, 0.15) is 21.7 Å². The molecule has 0 aliphatic carbocycles. The van der Waals surface area contributed by atoms with Crippen LogP contribution in [0.5, 0.6) is 0 Å². The zero-order valence-corrected chi connectivity index (χ0v) is 15.1. The molecule has 1 amide bonds. The first-order valence-electron chi connectivity index (χ1n) is 7.39. The molecular formula is C16H10Cl2F3N5O. The third kappa shape index (κ3) is 4.20. The molecule has 0 aromatic carbocycles. The van der Waals surface area contributed by atoms with Gasteiger partial charge in [-0.15, -0.1) is 0 Å². The molecule has 6 nitrogen and oxygen atoms in total. The first-order valence-corrected chi connectivity index (χ1v) is 8.14. The Labute approximate surface area is 161 Å². The normalized spacial score (nSPS) is 11.5. The van der Waals surface area contributed by atoms with E-state index in [4.69, 9.17) is 23.2 Å². The summed E-state index contributed by atoms with van der Waals surface area (Å²) in [7, 11) is 0. The van der Waals surface area contributed by atoms with E-state index in [1.807, 2.05) is 0 Å². The lowest BCUT2D eigenvalue weighted by atomic mass is 10.3.